The summed E-state index contributed by atoms with van der Waals surface area (Å²) in [6.07, 6.45) is 1.42. The molecule has 2 rings (SSSR count). The molecule has 0 saturated heterocycles. The molecule has 0 aliphatic rings. The Morgan fingerprint density at radius 2 is 1.94 bits per heavy atom. The number of pyridine rings is 1. The lowest BCUT2D eigenvalue weighted by Crippen LogP contribution is -1.93. The fourth-order valence-corrected chi connectivity index (χ4v) is 2.37. The number of hydrogen-bond donors (Lipinski definition) is 1. The van der Waals surface area contributed by atoms with Gasteiger partial charge in [0.2, 0.25) is 5.95 Å². The van der Waals surface area contributed by atoms with Crippen LogP contribution < -0.4 is 5.32 Å². The van der Waals surface area contributed by atoms with Crippen molar-refractivity contribution < 1.29 is 4.39 Å². The van der Waals surface area contributed by atoms with Crippen LogP contribution >= 0.6 is 31.9 Å². The van der Waals surface area contributed by atoms with E-state index in [9.17, 15) is 4.39 Å². The Morgan fingerprint density at radius 1 is 1.12 bits per heavy atom. The highest BCUT2D eigenvalue weighted by Crippen LogP contribution is 2.28. The minimum atomic E-state index is -0.502. The van der Waals surface area contributed by atoms with E-state index in [0.29, 0.717) is 5.69 Å². The molecule has 1 aromatic carbocycles. The quantitative estimate of drug-likeness (QED) is 0.811. The number of aromatic nitrogens is 1. The van der Waals surface area contributed by atoms with Gasteiger partial charge in [-0.1, -0.05) is 15.9 Å². The van der Waals surface area contributed by atoms with Gasteiger partial charge in [0, 0.05) is 26.9 Å². The molecule has 16 heavy (non-hydrogen) atoms. The molecule has 0 aliphatic carbocycles. The van der Waals surface area contributed by atoms with Crippen molar-refractivity contribution in [1.29, 1.82) is 0 Å². The molecule has 0 fully saturated rings. The van der Waals surface area contributed by atoms with Crippen LogP contribution in [0, 0.1) is 5.95 Å². The maximum atomic E-state index is 12.9. The van der Waals surface area contributed by atoms with Crippen molar-refractivity contribution in [1.82, 2.24) is 4.98 Å². The Bertz CT molecular complexity index is 517. The molecule has 1 aromatic heterocycles. The molecule has 2 nitrogen and oxygen atoms in total. The molecule has 0 aliphatic heterocycles. The summed E-state index contributed by atoms with van der Waals surface area (Å²) in [5, 5.41) is 3.09. The van der Waals surface area contributed by atoms with E-state index >= 15 is 0 Å². The van der Waals surface area contributed by atoms with Crippen LogP contribution in [0.1, 0.15) is 0 Å². The summed E-state index contributed by atoms with van der Waals surface area (Å²) in [6, 6.07) is 8.77. The van der Waals surface area contributed by atoms with E-state index in [1.165, 1.54) is 12.3 Å². The van der Waals surface area contributed by atoms with E-state index in [0.717, 1.165) is 14.6 Å². The monoisotopic (exact) mass is 344 g/mol. The topological polar surface area (TPSA) is 24.9 Å². The lowest BCUT2D eigenvalue weighted by Gasteiger charge is -2.08. The Morgan fingerprint density at radius 3 is 2.62 bits per heavy atom. The van der Waals surface area contributed by atoms with Crippen molar-refractivity contribution >= 4 is 43.2 Å². The summed E-state index contributed by atoms with van der Waals surface area (Å²) < 4.78 is 14.7. The molecule has 0 atom stereocenters. The zero-order valence-corrected chi connectivity index (χ0v) is 11.2. The molecular weight excluding hydrogens is 339 g/mol. The molecule has 0 saturated carbocycles. The van der Waals surface area contributed by atoms with Crippen molar-refractivity contribution in [3.63, 3.8) is 0 Å². The van der Waals surface area contributed by atoms with Gasteiger partial charge >= 0.3 is 0 Å². The van der Waals surface area contributed by atoms with Crippen molar-refractivity contribution in [3.8, 4) is 0 Å². The van der Waals surface area contributed by atoms with Gasteiger partial charge in [0.1, 0.15) is 0 Å². The van der Waals surface area contributed by atoms with Crippen LogP contribution in [0.25, 0.3) is 0 Å². The van der Waals surface area contributed by atoms with Gasteiger partial charge in [-0.15, -0.1) is 0 Å². The van der Waals surface area contributed by atoms with Crippen molar-refractivity contribution in [3.05, 3.63) is 51.4 Å². The highest BCUT2D eigenvalue weighted by Gasteiger charge is 2.02. The van der Waals surface area contributed by atoms with Gasteiger partial charge in [-0.25, -0.2) is 4.98 Å². The second kappa shape index (κ2) is 4.93. The zero-order chi connectivity index (χ0) is 11.5. The maximum Gasteiger partial charge on any atom is 0.214 e. The SMILES string of the molecule is Fc1cc(Nc2ccc(Br)cc2Br)ccn1. The molecule has 0 bridgehead atoms. The zero-order valence-electron chi connectivity index (χ0n) is 8.05. The molecule has 82 valence electrons. The largest absolute Gasteiger partial charge is 0.354 e. The van der Waals surface area contributed by atoms with Gasteiger partial charge in [0.25, 0.3) is 0 Å². The van der Waals surface area contributed by atoms with Crippen LogP contribution in [-0.2, 0) is 0 Å². The predicted octanol–water partition coefficient (Wildman–Crippen LogP) is 4.49. The van der Waals surface area contributed by atoms with E-state index < -0.39 is 5.95 Å². The minimum Gasteiger partial charge on any atom is -0.354 e. The third kappa shape index (κ3) is 2.80. The fourth-order valence-electron chi connectivity index (χ4n) is 1.23. The number of benzene rings is 1. The third-order valence-corrected chi connectivity index (χ3v) is 3.09. The Labute approximate surface area is 109 Å². The van der Waals surface area contributed by atoms with E-state index in [1.807, 2.05) is 18.2 Å². The van der Waals surface area contributed by atoms with Gasteiger partial charge < -0.3 is 5.32 Å². The fraction of sp³-hybridized carbons (Fsp3) is 0. The normalized spacial score (nSPS) is 10.2. The molecule has 1 heterocycles. The first-order valence-corrected chi connectivity index (χ1v) is 6.07. The number of nitrogens with one attached hydrogen (secondary N) is 1. The highest BCUT2D eigenvalue weighted by atomic mass is 79.9. The first-order chi connectivity index (χ1) is 7.65. The van der Waals surface area contributed by atoms with Gasteiger partial charge in [-0.2, -0.15) is 4.39 Å². The van der Waals surface area contributed by atoms with E-state index in [-0.39, 0.29) is 0 Å². The van der Waals surface area contributed by atoms with Crippen molar-refractivity contribution in [2.24, 2.45) is 0 Å². The number of hydrogen-bond acceptors (Lipinski definition) is 2. The molecule has 0 radical (unpaired) electrons. The Kier molecular flexibility index (Phi) is 3.56. The Balaban J connectivity index is 2.27. The van der Waals surface area contributed by atoms with Gasteiger partial charge in [0.05, 0.1) is 5.69 Å². The lowest BCUT2D eigenvalue weighted by molar-refractivity contribution is 0.584. The smallest absolute Gasteiger partial charge is 0.214 e. The summed E-state index contributed by atoms with van der Waals surface area (Å²) in [7, 11) is 0. The highest BCUT2D eigenvalue weighted by molar-refractivity contribution is 9.11. The van der Waals surface area contributed by atoms with Crippen LogP contribution in [0.15, 0.2) is 45.5 Å². The van der Waals surface area contributed by atoms with Crippen molar-refractivity contribution in [2.75, 3.05) is 5.32 Å². The van der Waals surface area contributed by atoms with Crippen LogP contribution in [0.4, 0.5) is 15.8 Å². The summed E-state index contributed by atoms with van der Waals surface area (Å²) >= 11 is 6.79. The molecular formula is C11H7Br2FN2. The van der Waals surface area contributed by atoms with Crippen LogP contribution in [0.3, 0.4) is 0 Å². The van der Waals surface area contributed by atoms with E-state index in [2.05, 4.69) is 42.2 Å². The molecule has 0 spiro atoms. The van der Waals surface area contributed by atoms with Gasteiger partial charge in [0.15, 0.2) is 0 Å². The standard InChI is InChI=1S/C11H7Br2FN2/c12-7-1-2-10(9(13)5-7)16-8-3-4-15-11(14)6-8/h1-6H,(H,15,16). The number of rotatable bonds is 2. The second-order valence-electron chi connectivity index (χ2n) is 3.12. The summed E-state index contributed by atoms with van der Waals surface area (Å²) in [6.45, 7) is 0. The number of anilines is 2. The average molecular weight is 346 g/mol. The molecule has 2 aromatic rings. The van der Waals surface area contributed by atoms with Crippen LogP contribution in [0.5, 0.6) is 0 Å². The summed E-state index contributed by atoms with van der Waals surface area (Å²) in [4.78, 5) is 3.49. The molecule has 5 heteroatoms. The first-order valence-electron chi connectivity index (χ1n) is 4.49. The predicted molar refractivity (Wildman–Crippen MR) is 69.3 cm³/mol. The second-order valence-corrected chi connectivity index (χ2v) is 4.89. The summed E-state index contributed by atoms with van der Waals surface area (Å²) in [5.41, 5.74) is 1.53. The maximum absolute atomic E-state index is 12.9. The third-order valence-electron chi connectivity index (χ3n) is 1.94. The van der Waals surface area contributed by atoms with E-state index in [4.69, 9.17) is 0 Å². The number of nitrogens with zero attached hydrogens (tertiary/aromatic N) is 1. The summed E-state index contributed by atoms with van der Waals surface area (Å²) in [5.74, 6) is -0.502. The molecule has 1 N–H and O–H groups in total. The minimum absolute atomic E-state index is 0.502. The van der Waals surface area contributed by atoms with E-state index in [1.54, 1.807) is 6.07 Å². The average Bonchev–Trinajstić information content (AvgIpc) is 2.22. The first kappa shape index (κ1) is 11.5. The Hall–Kier alpha value is -0.940. The van der Waals surface area contributed by atoms with Crippen molar-refractivity contribution in [2.45, 2.75) is 0 Å². The van der Waals surface area contributed by atoms with Gasteiger partial charge in [-0.05, 0) is 40.2 Å². The van der Waals surface area contributed by atoms with Crippen LogP contribution in [-0.4, -0.2) is 4.98 Å². The molecule has 0 unspecified atom stereocenters. The van der Waals surface area contributed by atoms with Gasteiger partial charge in [-0.3, -0.25) is 0 Å². The number of halogens is 3. The van der Waals surface area contributed by atoms with Crippen LogP contribution in [0.2, 0.25) is 0 Å². The lowest BCUT2D eigenvalue weighted by atomic mass is 10.3. The molecule has 0 amide bonds.